The van der Waals surface area contributed by atoms with Crippen molar-refractivity contribution in [1.29, 1.82) is 5.26 Å². The third-order valence-corrected chi connectivity index (χ3v) is 6.05. The van der Waals surface area contributed by atoms with Crippen LogP contribution in [-0.2, 0) is 12.8 Å². The number of fused-ring (bicyclic) bond motifs is 1. The maximum Gasteiger partial charge on any atom is 0.161 e. The molecule has 1 fully saturated rings. The third kappa shape index (κ3) is 3.36. The predicted molar refractivity (Wildman–Crippen MR) is 110 cm³/mol. The summed E-state index contributed by atoms with van der Waals surface area (Å²) in [6.07, 6.45) is 5.72. The fraction of sp³-hybridized carbons (Fsp3) is 0.524. The van der Waals surface area contributed by atoms with E-state index < -0.39 is 0 Å². The molecule has 0 aliphatic heterocycles. The molecule has 3 aromatic rings. The van der Waals surface area contributed by atoms with E-state index in [2.05, 4.69) is 28.5 Å². The summed E-state index contributed by atoms with van der Waals surface area (Å²) in [5, 5.41) is 31.6. The summed E-state index contributed by atoms with van der Waals surface area (Å²) in [5.74, 6) is 0.927. The highest BCUT2D eigenvalue weighted by molar-refractivity contribution is 5.62. The van der Waals surface area contributed by atoms with Crippen LogP contribution in [-0.4, -0.2) is 42.6 Å². The number of hydrogen-bond acceptors (Lipinski definition) is 6. The van der Waals surface area contributed by atoms with Gasteiger partial charge >= 0.3 is 0 Å². The summed E-state index contributed by atoms with van der Waals surface area (Å²) in [6, 6.07) is 4.61. The molecule has 1 aliphatic carbocycles. The Morgan fingerprint density at radius 3 is 2.79 bits per heavy atom. The van der Waals surface area contributed by atoms with Crippen molar-refractivity contribution in [2.24, 2.45) is 5.92 Å². The van der Waals surface area contributed by atoms with Crippen molar-refractivity contribution in [3.63, 3.8) is 0 Å². The SMILES string of the molecule is CCc1c(C)nn2c(C)c(C#N)c(NCCc3ccn(C4CCC4CO)n3)nc12. The van der Waals surface area contributed by atoms with Crippen molar-refractivity contribution in [3.8, 4) is 6.07 Å². The van der Waals surface area contributed by atoms with Gasteiger partial charge in [-0.05, 0) is 39.2 Å². The third-order valence-electron chi connectivity index (χ3n) is 6.05. The molecule has 0 bridgehead atoms. The standard InChI is InChI=1S/C21H27N7O/c1-4-17-13(2)25-28-14(3)18(11-22)20(24-21(17)28)23-9-7-16-8-10-27(26-16)19-6-5-15(19)12-29/h8,10,15,19,29H,4-7,9,12H2,1-3H3,(H,23,24). The average Bonchev–Trinajstić information content (AvgIpc) is 3.25. The van der Waals surface area contributed by atoms with E-state index in [9.17, 15) is 10.4 Å². The Bertz CT molecular complexity index is 1070. The molecule has 2 unspecified atom stereocenters. The Balaban J connectivity index is 1.50. The van der Waals surface area contributed by atoms with Gasteiger partial charge in [0.05, 0.1) is 23.1 Å². The Morgan fingerprint density at radius 2 is 2.14 bits per heavy atom. The topological polar surface area (TPSA) is 104 Å². The Kier molecular flexibility index (Phi) is 5.24. The van der Waals surface area contributed by atoms with Crippen LogP contribution in [0.4, 0.5) is 5.82 Å². The largest absolute Gasteiger partial charge is 0.396 e. The molecule has 8 nitrogen and oxygen atoms in total. The second kappa shape index (κ2) is 7.84. The number of aliphatic hydroxyl groups is 1. The summed E-state index contributed by atoms with van der Waals surface area (Å²) in [6.45, 7) is 6.83. The van der Waals surface area contributed by atoms with Gasteiger partial charge in [0, 0.05) is 37.3 Å². The summed E-state index contributed by atoms with van der Waals surface area (Å²) < 4.78 is 3.76. The Morgan fingerprint density at radius 1 is 1.31 bits per heavy atom. The molecule has 29 heavy (non-hydrogen) atoms. The predicted octanol–water partition coefficient (Wildman–Crippen LogP) is 2.57. The molecule has 1 saturated carbocycles. The van der Waals surface area contributed by atoms with Crippen molar-refractivity contribution in [1.82, 2.24) is 24.4 Å². The molecule has 3 heterocycles. The lowest BCUT2D eigenvalue weighted by molar-refractivity contribution is 0.0892. The van der Waals surface area contributed by atoms with E-state index in [0.717, 1.165) is 54.0 Å². The Hall–Kier alpha value is -2.92. The quantitative estimate of drug-likeness (QED) is 0.639. The molecule has 2 atom stereocenters. The van der Waals surface area contributed by atoms with Crippen molar-refractivity contribution in [2.75, 3.05) is 18.5 Å². The zero-order chi connectivity index (χ0) is 20.5. The second-order valence-electron chi connectivity index (χ2n) is 7.74. The van der Waals surface area contributed by atoms with Crippen molar-refractivity contribution >= 4 is 11.5 Å². The van der Waals surface area contributed by atoms with E-state index in [1.165, 1.54) is 0 Å². The first-order chi connectivity index (χ1) is 14.1. The normalized spacial score (nSPS) is 18.6. The maximum absolute atomic E-state index is 9.65. The minimum atomic E-state index is 0.222. The second-order valence-corrected chi connectivity index (χ2v) is 7.74. The molecule has 0 spiro atoms. The minimum absolute atomic E-state index is 0.222. The molecule has 1 aliphatic rings. The van der Waals surface area contributed by atoms with Crippen molar-refractivity contribution < 1.29 is 5.11 Å². The van der Waals surface area contributed by atoms with E-state index in [-0.39, 0.29) is 6.61 Å². The van der Waals surface area contributed by atoms with Gasteiger partial charge in [-0.25, -0.2) is 9.50 Å². The highest BCUT2D eigenvalue weighted by Gasteiger charge is 2.32. The summed E-state index contributed by atoms with van der Waals surface area (Å²) >= 11 is 0. The van der Waals surface area contributed by atoms with Crippen LogP contribution in [0.15, 0.2) is 12.3 Å². The van der Waals surface area contributed by atoms with Crippen LogP contribution in [0, 0.1) is 31.1 Å². The fourth-order valence-corrected chi connectivity index (χ4v) is 4.13. The first-order valence-electron chi connectivity index (χ1n) is 10.2. The van der Waals surface area contributed by atoms with Crippen LogP contribution in [0.3, 0.4) is 0 Å². The first kappa shape index (κ1) is 19.4. The molecule has 0 radical (unpaired) electrons. The number of rotatable bonds is 7. The lowest BCUT2D eigenvalue weighted by atomic mass is 9.80. The van der Waals surface area contributed by atoms with Crippen molar-refractivity contribution in [2.45, 2.75) is 52.5 Å². The van der Waals surface area contributed by atoms with Gasteiger partial charge in [-0.1, -0.05) is 6.92 Å². The molecule has 8 heteroatoms. The zero-order valence-corrected chi connectivity index (χ0v) is 17.2. The molecular weight excluding hydrogens is 366 g/mol. The molecule has 4 rings (SSSR count). The number of nitrogens with zero attached hydrogens (tertiary/aromatic N) is 6. The maximum atomic E-state index is 9.65. The number of hydrogen-bond donors (Lipinski definition) is 2. The van der Waals surface area contributed by atoms with Crippen LogP contribution in [0.1, 0.15) is 54.0 Å². The monoisotopic (exact) mass is 393 g/mol. The zero-order valence-electron chi connectivity index (χ0n) is 17.2. The fourth-order valence-electron chi connectivity index (χ4n) is 4.13. The number of aryl methyl sites for hydroxylation is 3. The van der Waals surface area contributed by atoms with E-state index in [4.69, 9.17) is 4.98 Å². The van der Waals surface area contributed by atoms with Gasteiger partial charge in [0.1, 0.15) is 17.5 Å². The van der Waals surface area contributed by atoms with E-state index in [1.807, 2.05) is 30.8 Å². The average molecular weight is 393 g/mol. The molecule has 0 aromatic carbocycles. The number of aliphatic hydroxyl groups excluding tert-OH is 1. The van der Waals surface area contributed by atoms with Crippen molar-refractivity contribution in [3.05, 3.63) is 40.5 Å². The van der Waals surface area contributed by atoms with E-state index >= 15 is 0 Å². The van der Waals surface area contributed by atoms with Crippen LogP contribution < -0.4 is 5.32 Å². The summed E-state index contributed by atoms with van der Waals surface area (Å²) in [5.41, 5.74) is 5.19. The van der Waals surface area contributed by atoms with Crippen LogP contribution in [0.5, 0.6) is 0 Å². The highest BCUT2D eigenvalue weighted by atomic mass is 16.3. The smallest absolute Gasteiger partial charge is 0.161 e. The number of aromatic nitrogens is 5. The molecule has 152 valence electrons. The van der Waals surface area contributed by atoms with Crippen LogP contribution >= 0.6 is 0 Å². The minimum Gasteiger partial charge on any atom is -0.396 e. The highest BCUT2D eigenvalue weighted by Crippen LogP contribution is 2.37. The molecule has 0 saturated heterocycles. The molecule has 3 aromatic heterocycles. The van der Waals surface area contributed by atoms with Gasteiger partial charge in [-0.15, -0.1) is 0 Å². The van der Waals surface area contributed by atoms with Gasteiger partial charge in [0.25, 0.3) is 0 Å². The number of nitrogens with one attached hydrogen (secondary N) is 1. The first-order valence-corrected chi connectivity index (χ1v) is 10.2. The molecule has 0 amide bonds. The number of nitriles is 1. The summed E-state index contributed by atoms with van der Waals surface area (Å²) in [7, 11) is 0. The van der Waals surface area contributed by atoms with E-state index in [0.29, 0.717) is 29.9 Å². The number of anilines is 1. The molecular formula is C21H27N7O. The van der Waals surface area contributed by atoms with Crippen LogP contribution in [0.2, 0.25) is 0 Å². The lowest BCUT2D eigenvalue weighted by Crippen LogP contribution is -2.31. The Labute approximate surface area is 170 Å². The van der Waals surface area contributed by atoms with Gasteiger partial charge < -0.3 is 10.4 Å². The molecule has 2 N–H and O–H groups in total. The van der Waals surface area contributed by atoms with Gasteiger partial charge in [-0.3, -0.25) is 4.68 Å². The summed E-state index contributed by atoms with van der Waals surface area (Å²) in [4.78, 5) is 4.72. The van der Waals surface area contributed by atoms with Gasteiger partial charge in [0.2, 0.25) is 0 Å². The van der Waals surface area contributed by atoms with Crippen LogP contribution in [0.25, 0.3) is 5.65 Å². The van der Waals surface area contributed by atoms with Gasteiger partial charge in [-0.2, -0.15) is 15.5 Å². The lowest BCUT2D eigenvalue weighted by Gasteiger charge is -2.35. The van der Waals surface area contributed by atoms with Gasteiger partial charge in [0.15, 0.2) is 5.65 Å². The van der Waals surface area contributed by atoms with E-state index in [1.54, 1.807) is 4.52 Å².